The Morgan fingerprint density at radius 3 is 1.50 bits per heavy atom. The van der Waals surface area contributed by atoms with Crippen LogP contribution in [0.15, 0.2) is 58.7 Å². The molecule has 0 aliphatic carbocycles. The van der Waals surface area contributed by atoms with Crippen molar-refractivity contribution in [1.82, 2.24) is 4.90 Å². The molecule has 0 heterocycles. The van der Waals surface area contributed by atoms with Gasteiger partial charge in [-0.15, -0.1) is 0 Å². The molecule has 0 rings (SSSR count). The fourth-order valence-electron chi connectivity index (χ4n) is 2.43. The second-order valence-corrected chi connectivity index (χ2v) is 7.72. The van der Waals surface area contributed by atoms with E-state index < -0.39 is 5.91 Å². The van der Waals surface area contributed by atoms with Gasteiger partial charge in [0.1, 0.15) is 0 Å². The molecule has 0 aromatic carbocycles. The van der Waals surface area contributed by atoms with Crippen LogP contribution >= 0.6 is 0 Å². The molecule has 28 heavy (non-hydrogen) atoms. The number of hydrogen-bond donors (Lipinski definition) is 1. The molecule has 0 aliphatic heterocycles. The van der Waals surface area contributed by atoms with E-state index in [0.717, 1.165) is 31.8 Å². The number of amides is 2. The number of rotatable bonds is 12. The molecule has 0 aliphatic rings. The lowest BCUT2D eigenvalue weighted by atomic mass is 10.1. The van der Waals surface area contributed by atoms with E-state index in [1.807, 2.05) is 0 Å². The molecule has 2 amide bonds. The summed E-state index contributed by atoms with van der Waals surface area (Å²) < 4.78 is 0. The monoisotopic (exact) mass is 386 g/mol. The van der Waals surface area contributed by atoms with Gasteiger partial charge in [-0.25, -0.2) is 0 Å². The van der Waals surface area contributed by atoms with Gasteiger partial charge in [0.15, 0.2) is 0 Å². The van der Waals surface area contributed by atoms with E-state index >= 15 is 0 Å². The molecule has 0 fully saturated rings. The van der Waals surface area contributed by atoms with E-state index in [-0.39, 0.29) is 5.91 Å². The average molecular weight is 387 g/mol. The van der Waals surface area contributed by atoms with Gasteiger partial charge >= 0.3 is 0 Å². The van der Waals surface area contributed by atoms with Crippen molar-refractivity contribution in [2.45, 2.75) is 67.2 Å². The van der Waals surface area contributed by atoms with Gasteiger partial charge in [-0.1, -0.05) is 46.6 Å². The van der Waals surface area contributed by atoms with E-state index in [0.29, 0.717) is 13.1 Å². The summed E-state index contributed by atoms with van der Waals surface area (Å²) in [6.07, 6.45) is 14.9. The number of allylic oxidation sites excluding steroid dienone is 6. The summed E-state index contributed by atoms with van der Waals surface area (Å²) in [4.78, 5) is 25.1. The van der Waals surface area contributed by atoms with E-state index in [2.05, 4.69) is 65.8 Å². The smallest absolute Gasteiger partial charge is 0.247 e. The Morgan fingerprint density at radius 1 is 0.714 bits per heavy atom. The molecule has 0 unspecified atom stereocenters. The molecule has 0 aromatic rings. The Labute approximate surface area is 171 Å². The van der Waals surface area contributed by atoms with Crippen LogP contribution < -0.4 is 5.73 Å². The Kier molecular flexibility index (Phi) is 13.4. The highest BCUT2D eigenvalue weighted by molar-refractivity contribution is 5.96. The van der Waals surface area contributed by atoms with E-state index in [9.17, 15) is 9.59 Å². The normalized spacial score (nSPS) is 12.1. The fourth-order valence-corrected chi connectivity index (χ4v) is 2.43. The molecule has 2 N–H and O–H groups in total. The maximum Gasteiger partial charge on any atom is 0.247 e. The van der Waals surface area contributed by atoms with Crippen LogP contribution in [0.5, 0.6) is 0 Å². The Bertz CT molecular complexity index is 616. The van der Waals surface area contributed by atoms with E-state index in [4.69, 9.17) is 5.73 Å². The summed E-state index contributed by atoms with van der Waals surface area (Å²) in [6.45, 7) is 13.6. The highest BCUT2D eigenvalue weighted by Crippen LogP contribution is 2.09. The number of nitrogens with two attached hydrogens (primary N) is 1. The van der Waals surface area contributed by atoms with Crippen LogP contribution in [0.25, 0.3) is 0 Å². The van der Waals surface area contributed by atoms with Gasteiger partial charge in [0.2, 0.25) is 11.8 Å². The van der Waals surface area contributed by atoms with Gasteiger partial charge in [0.25, 0.3) is 0 Å². The second kappa shape index (κ2) is 14.7. The fraction of sp³-hybridized carbons (Fsp3) is 0.500. The van der Waals surface area contributed by atoms with Gasteiger partial charge in [0, 0.05) is 25.2 Å². The summed E-state index contributed by atoms with van der Waals surface area (Å²) in [6, 6.07) is 0. The van der Waals surface area contributed by atoms with Crippen LogP contribution in [0.4, 0.5) is 0 Å². The van der Waals surface area contributed by atoms with Crippen molar-refractivity contribution in [2.24, 2.45) is 5.73 Å². The predicted octanol–water partition coefficient (Wildman–Crippen LogP) is 5.24. The SMILES string of the molecule is CC(C)=CCCC(C)=CCN(CC=C(C)CCC=C(C)C)C(=O)C=CC(N)=O. The number of primary amides is 1. The van der Waals surface area contributed by atoms with E-state index in [1.165, 1.54) is 28.4 Å². The molecule has 0 bridgehead atoms. The first-order valence-corrected chi connectivity index (χ1v) is 9.96. The Balaban J connectivity index is 5.00. The van der Waals surface area contributed by atoms with Crippen LogP contribution in [-0.4, -0.2) is 29.8 Å². The quantitative estimate of drug-likeness (QED) is 0.368. The Hall–Kier alpha value is -2.36. The molecule has 0 saturated carbocycles. The molecule has 156 valence electrons. The molecule has 0 aromatic heterocycles. The topological polar surface area (TPSA) is 63.4 Å². The summed E-state index contributed by atoms with van der Waals surface area (Å²) in [7, 11) is 0. The summed E-state index contributed by atoms with van der Waals surface area (Å²) >= 11 is 0. The minimum atomic E-state index is -0.616. The van der Waals surface area contributed by atoms with Crippen molar-refractivity contribution in [1.29, 1.82) is 0 Å². The van der Waals surface area contributed by atoms with Crippen LogP contribution in [-0.2, 0) is 9.59 Å². The molecular formula is C24H38N2O2. The number of hydrogen-bond acceptors (Lipinski definition) is 2. The standard InChI is InChI=1S/C24H38N2O2/c1-19(2)9-7-11-21(5)15-17-26(24(28)14-13-23(25)27)18-16-22(6)12-8-10-20(3)4/h9-10,13-16H,7-8,11-12,17-18H2,1-6H3,(H2,25,27). The maximum atomic E-state index is 12.4. The van der Waals surface area contributed by atoms with Crippen LogP contribution in [0.2, 0.25) is 0 Å². The number of nitrogens with zero attached hydrogens (tertiary/aromatic N) is 1. The average Bonchev–Trinajstić information content (AvgIpc) is 2.59. The molecular weight excluding hydrogens is 348 g/mol. The zero-order valence-corrected chi connectivity index (χ0v) is 18.5. The highest BCUT2D eigenvalue weighted by atomic mass is 16.2. The third-order valence-electron chi connectivity index (χ3n) is 4.20. The Morgan fingerprint density at radius 2 is 1.14 bits per heavy atom. The zero-order valence-electron chi connectivity index (χ0n) is 18.5. The highest BCUT2D eigenvalue weighted by Gasteiger charge is 2.08. The molecule has 4 heteroatoms. The van der Waals surface area contributed by atoms with Gasteiger partial charge in [0.05, 0.1) is 0 Å². The first kappa shape index (κ1) is 25.6. The minimum absolute atomic E-state index is 0.208. The number of carbonyl (C=O) groups is 2. The van der Waals surface area contributed by atoms with Crippen molar-refractivity contribution in [3.63, 3.8) is 0 Å². The van der Waals surface area contributed by atoms with Gasteiger partial charge in [-0.3, -0.25) is 9.59 Å². The van der Waals surface area contributed by atoms with Crippen LogP contribution in [0.3, 0.4) is 0 Å². The third kappa shape index (κ3) is 14.8. The van der Waals surface area contributed by atoms with Crippen LogP contribution in [0.1, 0.15) is 67.2 Å². The lowest BCUT2D eigenvalue weighted by Crippen LogP contribution is -2.30. The van der Waals surface area contributed by atoms with Gasteiger partial charge in [-0.2, -0.15) is 0 Å². The third-order valence-corrected chi connectivity index (χ3v) is 4.20. The largest absolute Gasteiger partial charge is 0.366 e. The van der Waals surface area contributed by atoms with Gasteiger partial charge in [-0.05, 0) is 67.2 Å². The van der Waals surface area contributed by atoms with Crippen molar-refractivity contribution >= 4 is 11.8 Å². The summed E-state index contributed by atoms with van der Waals surface area (Å²) in [5.41, 5.74) is 10.2. The van der Waals surface area contributed by atoms with Crippen molar-refractivity contribution < 1.29 is 9.59 Å². The maximum absolute atomic E-state index is 12.4. The molecule has 0 atom stereocenters. The van der Waals surface area contributed by atoms with Crippen LogP contribution in [0, 0.1) is 0 Å². The van der Waals surface area contributed by atoms with E-state index in [1.54, 1.807) is 4.90 Å². The van der Waals surface area contributed by atoms with Crippen molar-refractivity contribution in [2.75, 3.05) is 13.1 Å². The van der Waals surface area contributed by atoms with Gasteiger partial charge < -0.3 is 10.6 Å². The zero-order chi connectivity index (χ0) is 21.5. The lowest BCUT2D eigenvalue weighted by molar-refractivity contribution is -0.125. The molecule has 0 spiro atoms. The summed E-state index contributed by atoms with van der Waals surface area (Å²) in [5.74, 6) is -0.823. The minimum Gasteiger partial charge on any atom is -0.366 e. The summed E-state index contributed by atoms with van der Waals surface area (Å²) in [5, 5.41) is 0. The molecule has 0 radical (unpaired) electrons. The molecule has 0 saturated heterocycles. The predicted molar refractivity (Wildman–Crippen MR) is 120 cm³/mol. The first-order chi connectivity index (χ1) is 13.1. The molecule has 4 nitrogen and oxygen atoms in total. The van der Waals surface area contributed by atoms with Crippen molar-refractivity contribution in [3.8, 4) is 0 Å². The second-order valence-electron chi connectivity index (χ2n) is 7.72. The van der Waals surface area contributed by atoms with Crippen molar-refractivity contribution in [3.05, 3.63) is 58.7 Å². The first-order valence-electron chi connectivity index (χ1n) is 9.96. The number of carbonyl (C=O) groups excluding carboxylic acids is 2. The lowest BCUT2D eigenvalue weighted by Gasteiger charge is -2.19.